The molecule has 2 fully saturated rings. The molecular formula is C40H42F7N3O6. The largest absolute Gasteiger partial charge is 0.481 e. The van der Waals surface area contributed by atoms with Gasteiger partial charge < -0.3 is 29.3 Å². The molecule has 2 amide bonds. The van der Waals surface area contributed by atoms with Gasteiger partial charge >= 0.3 is 18.3 Å². The van der Waals surface area contributed by atoms with Crippen molar-refractivity contribution >= 4 is 17.8 Å². The molecule has 0 aromatic heterocycles. The molecule has 1 spiro atoms. The summed E-state index contributed by atoms with van der Waals surface area (Å²) >= 11 is 0. The van der Waals surface area contributed by atoms with E-state index in [2.05, 4.69) is 11.0 Å². The topological polar surface area (TPSA) is 99.6 Å². The van der Waals surface area contributed by atoms with Crippen molar-refractivity contribution in [2.24, 2.45) is 0 Å². The lowest BCUT2D eigenvalue weighted by Gasteiger charge is -2.44. The summed E-state index contributed by atoms with van der Waals surface area (Å²) in [4.78, 5) is 42.1. The van der Waals surface area contributed by atoms with Gasteiger partial charge in [0.15, 0.2) is 0 Å². The highest BCUT2D eigenvalue weighted by Crippen LogP contribution is 2.48. The van der Waals surface area contributed by atoms with Gasteiger partial charge in [0.25, 0.3) is 5.91 Å². The first-order valence-electron chi connectivity index (χ1n) is 18.3. The molecule has 0 unspecified atom stereocenters. The molecule has 3 aromatic rings. The molecule has 0 radical (unpaired) electrons. The van der Waals surface area contributed by atoms with E-state index in [1.54, 1.807) is 7.05 Å². The van der Waals surface area contributed by atoms with Crippen molar-refractivity contribution in [1.29, 1.82) is 0 Å². The lowest BCUT2D eigenvalue weighted by molar-refractivity contribution is -0.143. The van der Waals surface area contributed by atoms with E-state index >= 15 is 0 Å². The number of amides is 2. The average molecular weight is 794 g/mol. The molecule has 1 aliphatic carbocycles. The van der Waals surface area contributed by atoms with Gasteiger partial charge in [-0.1, -0.05) is 36.4 Å². The number of carboxylic acid groups (broad SMARTS) is 1. The van der Waals surface area contributed by atoms with E-state index in [1.807, 2.05) is 18.2 Å². The molecule has 16 heteroatoms. The number of alkyl halides is 6. The molecule has 2 saturated heterocycles. The summed E-state index contributed by atoms with van der Waals surface area (Å²) < 4.78 is 108. The molecule has 0 bridgehead atoms. The van der Waals surface area contributed by atoms with Crippen LogP contribution in [0.1, 0.15) is 70.3 Å². The van der Waals surface area contributed by atoms with Crippen LogP contribution >= 0.6 is 0 Å². The van der Waals surface area contributed by atoms with Gasteiger partial charge in [-0.3, -0.25) is 14.4 Å². The zero-order chi connectivity index (χ0) is 40.5. The normalized spacial score (nSPS) is 21.0. The number of benzene rings is 3. The Morgan fingerprint density at radius 3 is 2.21 bits per heavy atom. The first-order chi connectivity index (χ1) is 26.4. The van der Waals surface area contributed by atoms with E-state index in [9.17, 15) is 45.1 Å². The number of carbonyl (C=O) groups excluding carboxylic acids is 2. The Morgan fingerprint density at radius 2 is 1.59 bits per heavy atom. The second kappa shape index (κ2) is 16.1. The predicted octanol–water partition coefficient (Wildman–Crippen LogP) is 6.88. The van der Waals surface area contributed by atoms with Crippen molar-refractivity contribution < 1.29 is 59.7 Å². The van der Waals surface area contributed by atoms with Crippen LogP contribution in [-0.4, -0.2) is 96.8 Å². The number of hydrogen-bond donors (Lipinski definition) is 1. The maximum Gasteiger partial charge on any atom is 0.416 e. The molecule has 3 aromatic carbocycles. The Hall–Kier alpha value is -4.54. The second-order valence-electron chi connectivity index (χ2n) is 14.8. The molecule has 9 nitrogen and oxygen atoms in total. The maximum atomic E-state index is 14.0. The summed E-state index contributed by atoms with van der Waals surface area (Å²) in [7, 11) is 1.61. The summed E-state index contributed by atoms with van der Waals surface area (Å²) in [5, 5.41) is 8.92. The molecule has 6 rings (SSSR count). The van der Waals surface area contributed by atoms with Crippen molar-refractivity contribution in [3.63, 3.8) is 0 Å². The number of likely N-dealkylation sites (N-methyl/N-ethyl adjacent to an activating group) is 1. The standard InChI is InChI=1S/C40H42F7N3O6/c1-48(15-4-7-35(52)53)34(51)23-55-33-21-26-5-2-3-6-32(26)37(33)12-16-49(17-13-37)18-14-38(28-8-10-31(41)11-9-28)24-50(25-56-38)36(54)27-19-29(39(42,43)44)22-30(20-27)40(45,46)47/h2-3,5-6,8-11,19-20,22,33H,4,7,12-18,21,23-25H2,1H3,(H,52,53)/t33-,38+/m0/s1. The second-order valence-corrected chi connectivity index (χ2v) is 14.8. The SMILES string of the molecule is CN(CCCC(=O)O)C(=O)CO[C@H]1Cc2ccccc2C12CCN(CC[C@]1(c3ccc(F)cc3)CN(C(=O)c3cc(C(F)(F)F)cc(C(F)(F)F)c3)CO1)CC2. The zero-order valence-corrected chi connectivity index (χ0v) is 30.6. The zero-order valence-electron chi connectivity index (χ0n) is 30.6. The van der Waals surface area contributed by atoms with Crippen LogP contribution in [0.3, 0.4) is 0 Å². The summed E-state index contributed by atoms with van der Waals surface area (Å²) in [5.74, 6) is -2.78. The fourth-order valence-corrected chi connectivity index (χ4v) is 8.17. The quantitative estimate of drug-likeness (QED) is 0.200. The highest BCUT2D eigenvalue weighted by molar-refractivity contribution is 5.95. The minimum atomic E-state index is -5.13. The average Bonchev–Trinajstić information content (AvgIpc) is 3.72. The monoisotopic (exact) mass is 793 g/mol. The number of hydrogen-bond acceptors (Lipinski definition) is 6. The van der Waals surface area contributed by atoms with Gasteiger partial charge in [-0.15, -0.1) is 0 Å². The number of fused-ring (bicyclic) bond motifs is 2. The number of carboxylic acids is 1. The number of carbonyl (C=O) groups is 3. The summed E-state index contributed by atoms with van der Waals surface area (Å²) in [6, 6.07) is 14.2. The van der Waals surface area contributed by atoms with E-state index in [0.29, 0.717) is 69.6 Å². The van der Waals surface area contributed by atoms with Crippen LogP contribution in [0.15, 0.2) is 66.7 Å². The van der Waals surface area contributed by atoms with Gasteiger partial charge in [0.1, 0.15) is 24.8 Å². The van der Waals surface area contributed by atoms with Crippen molar-refractivity contribution in [2.45, 2.75) is 68.0 Å². The fraction of sp³-hybridized carbons (Fsp3) is 0.475. The summed E-state index contributed by atoms with van der Waals surface area (Å²) in [6.07, 6.45) is -8.01. The number of rotatable bonds is 12. The number of likely N-dealkylation sites (tertiary alicyclic amines) is 1. The van der Waals surface area contributed by atoms with Gasteiger partial charge in [0.05, 0.1) is 23.8 Å². The Morgan fingerprint density at radius 1 is 0.946 bits per heavy atom. The Balaban J connectivity index is 1.15. The van der Waals surface area contributed by atoms with Crippen molar-refractivity contribution in [2.75, 3.05) is 53.1 Å². The van der Waals surface area contributed by atoms with Crippen LogP contribution in [0.5, 0.6) is 0 Å². The maximum absolute atomic E-state index is 14.0. The minimum absolute atomic E-state index is 0.0347. The van der Waals surface area contributed by atoms with E-state index in [1.165, 1.54) is 29.2 Å². The Labute approximate surface area is 319 Å². The van der Waals surface area contributed by atoms with E-state index < -0.39 is 59.1 Å². The molecule has 3 aliphatic rings. The number of halogens is 7. The fourth-order valence-electron chi connectivity index (χ4n) is 8.17. The van der Waals surface area contributed by atoms with Crippen LogP contribution in [0.4, 0.5) is 30.7 Å². The number of nitrogens with zero attached hydrogens (tertiary/aromatic N) is 3. The van der Waals surface area contributed by atoms with Gasteiger partial charge in [0.2, 0.25) is 5.91 Å². The molecule has 2 aliphatic heterocycles. The Bertz CT molecular complexity index is 1880. The number of aliphatic carboxylic acids is 1. The molecular weight excluding hydrogens is 751 g/mol. The summed E-state index contributed by atoms with van der Waals surface area (Å²) in [6.45, 7) is 1.18. The van der Waals surface area contributed by atoms with Crippen LogP contribution in [0, 0.1) is 5.82 Å². The first-order valence-corrected chi connectivity index (χ1v) is 18.3. The third kappa shape index (κ3) is 8.87. The van der Waals surface area contributed by atoms with Crippen LogP contribution in [0.25, 0.3) is 0 Å². The van der Waals surface area contributed by atoms with Crippen molar-refractivity contribution in [1.82, 2.24) is 14.7 Å². The molecule has 2 heterocycles. The molecule has 1 N–H and O–H groups in total. The highest BCUT2D eigenvalue weighted by atomic mass is 19.4. The molecule has 2 atom stereocenters. The molecule has 0 saturated carbocycles. The van der Waals surface area contributed by atoms with E-state index in [-0.39, 0.29) is 49.5 Å². The first kappa shape index (κ1) is 41.1. The third-order valence-electron chi connectivity index (χ3n) is 11.3. The third-order valence-corrected chi connectivity index (χ3v) is 11.3. The minimum Gasteiger partial charge on any atom is -0.481 e. The van der Waals surface area contributed by atoms with Gasteiger partial charge in [0, 0.05) is 37.5 Å². The highest BCUT2D eigenvalue weighted by Gasteiger charge is 2.50. The van der Waals surface area contributed by atoms with Crippen LogP contribution in [-0.2, 0) is 48.9 Å². The summed E-state index contributed by atoms with van der Waals surface area (Å²) in [5.41, 5.74) is -2.82. The van der Waals surface area contributed by atoms with Gasteiger partial charge in [-0.2, -0.15) is 26.3 Å². The molecule has 302 valence electrons. The van der Waals surface area contributed by atoms with Crippen LogP contribution < -0.4 is 0 Å². The molecule has 56 heavy (non-hydrogen) atoms. The number of ether oxygens (including phenoxy) is 2. The van der Waals surface area contributed by atoms with Crippen molar-refractivity contribution in [3.05, 3.63) is 106 Å². The van der Waals surface area contributed by atoms with Crippen molar-refractivity contribution in [3.8, 4) is 0 Å². The lowest BCUT2D eigenvalue weighted by Crippen LogP contribution is -2.50. The van der Waals surface area contributed by atoms with E-state index in [0.717, 1.165) is 16.0 Å². The number of piperidine rings is 1. The van der Waals surface area contributed by atoms with E-state index in [4.69, 9.17) is 14.6 Å². The smallest absolute Gasteiger partial charge is 0.416 e. The Kier molecular flexibility index (Phi) is 11.8. The predicted molar refractivity (Wildman–Crippen MR) is 188 cm³/mol. The van der Waals surface area contributed by atoms with Gasteiger partial charge in [-0.25, -0.2) is 4.39 Å². The van der Waals surface area contributed by atoms with Crippen LogP contribution in [0.2, 0.25) is 0 Å². The lowest BCUT2D eigenvalue weighted by atomic mass is 9.72. The van der Waals surface area contributed by atoms with Gasteiger partial charge in [-0.05, 0) is 92.2 Å².